The lowest BCUT2D eigenvalue weighted by atomic mass is 10.3. The summed E-state index contributed by atoms with van der Waals surface area (Å²) in [7, 11) is 0. The Morgan fingerprint density at radius 1 is 0.583 bits per heavy atom. The fraction of sp³-hybridized carbons (Fsp3) is 1.00. The normalized spacial score (nSPS) is 12.6. The quantitative estimate of drug-likeness (QED) is 0.292. The molecule has 0 aromatic rings. The number of aliphatic hydroxyl groups excluding tert-OH is 2. The van der Waals surface area contributed by atoms with Crippen LogP contribution in [0.25, 0.3) is 0 Å². The Hall–Kier alpha value is -0.320. The van der Waals surface area contributed by atoms with Crippen LogP contribution in [-0.2, 0) is 28.4 Å². The predicted molar refractivity (Wildman–Crippen MR) is 88.3 cm³/mol. The lowest BCUT2D eigenvalue weighted by Crippen LogP contribution is -2.17. The first-order valence-electron chi connectivity index (χ1n) is 8.56. The summed E-state index contributed by atoms with van der Waals surface area (Å²) in [6.07, 6.45) is 0.306. The summed E-state index contributed by atoms with van der Waals surface area (Å²) in [5, 5.41) is 17.8. The molecule has 0 aromatic carbocycles. The van der Waals surface area contributed by atoms with Crippen LogP contribution in [0.2, 0.25) is 0 Å². The number of rotatable bonds is 20. The molecule has 0 fully saturated rings. The monoisotopic (exact) mass is 354 g/mol. The van der Waals surface area contributed by atoms with Crippen molar-refractivity contribution in [3.63, 3.8) is 0 Å². The lowest BCUT2D eigenvalue weighted by Gasteiger charge is -2.09. The van der Waals surface area contributed by atoms with Gasteiger partial charge in [0.2, 0.25) is 0 Å². The van der Waals surface area contributed by atoms with Gasteiger partial charge in [-0.3, -0.25) is 0 Å². The van der Waals surface area contributed by atoms with Crippen molar-refractivity contribution in [2.24, 2.45) is 0 Å². The minimum atomic E-state index is -0.390. The zero-order valence-corrected chi connectivity index (χ0v) is 14.8. The Morgan fingerprint density at radius 3 is 1.25 bits per heavy atom. The second-order valence-corrected chi connectivity index (χ2v) is 4.92. The van der Waals surface area contributed by atoms with E-state index in [-0.39, 0.29) is 6.61 Å². The van der Waals surface area contributed by atoms with E-state index in [2.05, 4.69) is 0 Å². The van der Waals surface area contributed by atoms with Crippen LogP contribution in [0.4, 0.5) is 0 Å². The molecule has 0 spiro atoms. The second kappa shape index (κ2) is 20.7. The minimum absolute atomic E-state index is 0.0328. The van der Waals surface area contributed by atoms with Crippen molar-refractivity contribution in [3.8, 4) is 0 Å². The Bertz CT molecular complexity index is 230. The summed E-state index contributed by atoms with van der Waals surface area (Å²) < 4.78 is 31.6. The number of hydrogen-bond donors (Lipinski definition) is 2. The molecule has 0 heterocycles. The van der Waals surface area contributed by atoms with E-state index >= 15 is 0 Å². The molecule has 0 bridgehead atoms. The zero-order valence-electron chi connectivity index (χ0n) is 14.8. The Balaban J connectivity index is 2.98. The summed E-state index contributed by atoms with van der Waals surface area (Å²) in [6.45, 7) is 7.68. The Labute approximate surface area is 144 Å². The molecule has 0 aliphatic rings. The fourth-order valence-corrected chi connectivity index (χ4v) is 1.50. The van der Waals surface area contributed by atoms with E-state index < -0.39 is 6.10 Å². The molecule has 0 rings (SSSR count). The summed E-state index contributed by atoms with van der Waals surface area (Å²) in [5.74, 6) is 0. The van der Waals surface area contributed by atoms with Crippen LogP contribution in [0.15, 0.2) is 0 Å². The van der Waals surface area contributed by atoms with E-state index in [0.29, 0.717) is 85.7 Å². The highest BCUT2D eigenvalue weighted by Gasteiger charge is 1.99. The number of aliphatic hydroxyl groups is 2. The third-order valence-corrected chi connectivity index (χ3v) is 2.88. The van der Waals surface area contributed by atoms with Crippen LogP contribution < -0.4 is 0 Å². The second-order valence-electron chi connectivity index (χ2n) is 4.92. The topological polar surface area (TPSA) is 95.8 Å². The van der Waals surface area contributed by atoms with E-state index in [0.717, 1.165) is 0 Å². The summed E-state index contributed by atoms with van der Waals surface area (Å²) in [4.78, 5) is 0. The average Bonchev–Trinajstić information content (AvgIpc) is 2.60. The Kier molecular flexibility index (Phi) is 20.4. The SMILES string of the molecule is CCC(O)COCCOCCOCCOCCOCCOCCO. The molecule has 1 atom stereocenters. The standard InChI is InChI=1S/C16H34O8/c1-2-16(18)15-24-14-13-23-12-11-22-10-9-21-8-7-20-6-5-19-4-3-17/h16-18H,2-15H2,1H3. The first-order valence-corrected chi connectivity index (χ1v) is 8.56. The molecule has 0 aliphatic carbocycles. The smallest absolute Gasteiger partial charge is 0.0771 e. The van der Waals surface area contributed by atoms with Crippen molar-refractivity contribution in [2.45, 2.75) is 19.4 Å². The fourth-order valence-electron chi connectivity index (χ4n) is 1.50. The highest BCUT2D eigenvalue weighted by molar-refractivity contribution is 4.48. The minimum Gasteiger partial charge on any atom is -0.394 e. The van der Waals surface area contributed by atoms with E-state index in [1.54, 1.807) is 0 Å². The molecule has 2 N–H and O–H groups in total. The highest BCUT2D eigenvalue weighted by Crippen LogP contribution is 1.90. The molecule has 24 heavy (non-hydrogen) atoms. The molecule has 1 unspecified atom stereocenters. The van der Waals surface area contributed by atoms with Gasteiger partial charge in [-0.15, -0.1) is 0 Å². The summed E-state index contributed by atoms with van der Waals surface area (Å²) in [5.41, 5.74) is 0. The van der Waals surface area contributed by atoms with Gasteiger partial charge >= 0.3 is 0 Å². The average molecular weight is 354 g/mol. The molecular weight excluding hydrogens is 320 g/mol. The Morgan fingerprint density at radius 2 is 0.917 bits per heavy atom. The van der Waals surface area contributed by atoms with Crippen molar-refractivity contribution in [1.82, 2.24) is 0 Å². The van der Waals surface area contributed by atoms with Gasteiger partial charge in [-0.25, -0.2) is 0 Å². The molecule has 0 saturated carbocycles. The van der Waals surface area contributed by atoms with E-state index in [4.69, 9.17) is 33.5 Å². The van der Waals surface area contributed by atoms with Gasteiger partial charge in [0.25, 0.3) is 0 Å². The highest BCUT2D eigenvalue weighted by atomic mass is 16.6. The van der Waals surface area contributed by atoms with Crippen LogP contribution in [0.3, 0.4) is 0 Å². The van der Waals surface area contributed by atoms with E-state index in [9.17, 15) is 5.11 Å². The maximum Gasteiger partial charge on any atom is 0.0771 e. The molecule has 0 amide bonds. The van der Waals surface area contributed by atoms with Gasteiger partial charge in [-0.1, -0.05) is 6.92 Å². The molecule has 8 heteroatoms. The molecule has 0 saturated heterocycles. The molecule has 0 aromatic heterocycles. The molecule has 8 nitrogen and oxygen atoms in total. The van der Waals surface area contributed by atoms with Crippen molar-refractivity contribution in [2.75, 3.05) is 85.9 Å². The maximum atomic E-state index is 9.27. The van der Waals surface area contributed by atoms with Crippen LogP contribution in [-0.4, -0.2) is 102 Å². The van der Waals surface area contributed by atoms with E-state index in [1.165, 1.54) is 0 Å². The molecular formula is C16H34O8. The lowest BCUT2D eigenvalue weighted by molar-refractivity contribution is -0.0245. The summed E-state index contributed by atoms with van der Waals surface area (Å²) >= 11 is 0. The van der Waals surface area contributed by atoms with Gasteiger partial charge in [0, 0.05) is 0 Å². The number of ether oxygens (including phenoxy) is 6. The van der Waals surface area contributed by atoms with Gasteiger partial charge in [0.1, 0.15) is 0 Å². The molecule has 0 aliphatic heterocycles. The van der Waals surface area contributed by atoms with Crippen molar-refractivity contribution < 1.29 is 38.6 Å². The van der Waals surface area contributed by atoms with Crippen LogP contribution in [0.5, 0.6) is 0 Å². The molecule has 146 valence electrons. The third-order valence-electron chi connectivity index (χ3n) is 2.88. The van der Waals surface area contributed by atoms with Crippen molar-refractivity contribution in [3.05, 3.63) is 0 Å². The van der Waals surface area contributed by atoms with Crippen LogP contribution in [0.1, 0.15) is 13.3 Å². The summed E-state index contributed by atoms with van der Waals surface area (Å²) in [6, 6.07) is 0. The zero-order chi connectivity index (χ0) is 17.7. The van der Waals surface area contributed by atoms with Gasteiger partial charge in [-0.05, 0) is 6.42 Å². The van der Waals surface area contributed by atoms with Crippen LogP contribution in [0, 0.1) is 0 Å². The number of hydrogen-bond acceptors (Lipinski definition) is 8. The van der Waals surface area contributed by atoms with Crippen LogP contribution >= 0.6 is 0 Å². The largest absolute Gasteiger partial charge is 0.394 e. The third kappa shape index (κ3) is 19.7. The first-order chi connectivity index (χ1) is 11.8. The van der Waals surface area contributed by atoms with Gasteiger partial charge in [0.05, 0.1) is 92.0 Å². The van der Waals surface area contributed by atoms with Crippen molar-refractivity contribution in [1.29, 1.82) is 0 Å². The van der Waals surface area contributed by atoms with E-state index in [1.807, 2.05) is 6.92 Å². The molecule has 0 radical (unpaired) electrons. The predicted octanol–water partition coefficient (Wildman–Crippen LogP) is -0.151. The van der Waals surface area contributed by atoms with Crippen molar-refractivity contribution >= 4 is 0 Å². The first kappa shape index (κ1) is 23.7. The van der Waals surface area contributed by atoms with Gasteiger partial charge in [-0.2, -0.15) is 0 Å². The van der Waals surface area contributed by atoms with Gasteiger partial charge in [0.15, 0.2) is 0 Å². The van der Waals surface area contributed by atoms with Gasteiger partial charge < -0.3 is 38.6 Å². The maximum absolute atomic E-state index is 9.27.